The molecular weight excluding hydrogens is 724 g/mol. The van der Waals surface area contributed by atoms with Crippen molar-refractivity contribution in [3.8, 4) is 11.5 Å². The van der Waals surface area contributed by atoms with E-state index in [9.17, 15) is 9.59 Å². The maximum Gasteiger partial charge on any atom is 0.338 e. The lowest BCUT2D eigenvalue weighted by molar-refractivity contribution is -0.139. The summed E-state index contributed by atoms with van der Waals surface area (Å²) in [6, 6.07) is 17.5. The van der Waals surface area contributed by atoms with Crippen LogP contribution in [0.5, 0.6) is 11.5 Å². The minimum atomic E-state index is -0.633. The Labute approximate surface area is 276 Å². The van der Waals surface area contributed by atoms with Gasteiger partial charge in [-0.15, -0.1) is 0 Å². The number of allylic oxidation sites excluding steroid dienone is 1. The van der Waals surface area contributed by atoms with Gasteiger partial charge in [-0.3, -0.25) is 4.79 Å². The van der Waals surface area contributed by atoms with Crippen molar-refractivity contribution in [1.82, 2.24) is 16.1 Å². The van der Waals surface area contributed by atoms with Gasteiger partial charge in [0.1, 0.15) is 18.1 Å². The van der Waals surface area contributed by atoms with Gasteiger partial charge in [0.15, 0.2) is 11.7 Å². The maximum atomic E-state index is 12.8. The zero-order valence-corrected chi connectivity index (χ0v) is 27.8. The van der Waals surface area contributed by atoms with E-state index in [0.29, 0.717) is 55.1 Å². The smallest absolute Gasteiger partial charge is 0.338 e. The maximum absolute atomic E-state index is 12.8. The van der Waals surface area contributed by atoms with E-state index in [-0.39, 0.29) is 13.2 Å². The first-order valence-electron chi connectivity index (χ1n) is 13.0. The third kappa shape index (κ3) is 8.79. The normalized spacial score (nSPS) is 14.6. The van der Waals surface area contributed by atoms with Crippen molar-refractivity contribution in [3.05, 3.63) is 103 Å². The SMILES string of the molecule is CCOC(=O)C1=C(C)NC(=S)N[C@@H]1c1ccccc1OCC(=O)NN=Cc1cc(Br)cc(Br)c1OCc1ccc(Cl)cc1. The number of carbonyl (C=O) groups is 2. The summed E-state index contributed by atoms with van der Waals surface area (Å²) in [5.74, 6) is -0.0262. The van der Waals surface area contributed by atoms with Crippen LogP contribution in [0, 0.1) is 0 Å². The van der Waals surface area contributed by atoms with Crippen LogP contribution in [-0.4, -0.2) is 36.4 Å². The monoisotopic (exact) mass is 748 g/mol. The fraction of sp³-hybridized carbons (Fsp3) is 0.200. The number of hydrazone groups is 1. The fourth-order valence-electron chi connectivity index (χ4n) is 4.17. The molecule has 4 rings (SSSR count). The number of thiocarbonyl (C=S) groups is 1. The number of carbonyl (C=O) groups excluding carboxylic acids is 2. The molecule has 0 bridgehead atoms. The van der Waals surface area contributed by atoms with E-state index in [1.165, 1.54) is 6.21 Å². The predicted molar refractivity (Wildman–Crippen MR) is 176 cm³/mol. The molecule has 0 aromatic heterocycles. The van der Waals surface area contributed by atoms with Gasteiger partial charge >= 0.3 is 5.97 Å². The molecule has 9 nitrogen and oxygen atoms in total. The fourth-order valence-corrected chi connectivity index (χ4v) is 5.94. The summed E-state index contributed by atoms with van der Waals surface area (Å²) in [4.78, 5) is 25.4. The molecule has 3 N–H and O–H groups in total. The summed E-state index contributed by atoms with van der Waals surface area (Å²) in [6.07, 6.45) is 1.48. The van der Waals surface area contributed by atoms with Gasteiger partial charge in [-0.2, -0.15) is 5.10 Å². The number of hydrogen-bond donors (Lipinski definition) is 3. The molecule has 1 aliphatic heterocycles. The zero-order valence-electron chi connectivity index (χ0n) is 23.1. The summed E-state index contributed by atoms with van der Waals surface area (Å²) < 4.78 is 18.7. The van der Waals surface area contributed by atoms with E-state index in [1.807, 2.05) is 24.3 Å². The van der Waals surface area contributed by atoms with Gasteiger partial charge in [-0.05, 0) is 77.9 Å². The van der Waals surface area contributed by atoms with Crippen LogP contribution in [0.2, 0.25) is 5.02 Å². The highest BCUT2D eigenvalue weighted by atomic mass is 79.9. The zero-order chi connectivity index (χ0) is 30.9. The molecule has 0 saturated carbocycles. The molecule has 224 valence electrons. The van der Waals surface area contributed by atoms with Crippen molar-refractivity contribution in [3.63, 3.8) is 0 Å². The number of nitrogens with zero attached hydrogens (tertiary/aromatic N) is 1. The van der Waals surface area contributed by atoms with Crippen LogP contribution in [0.3, 0.4) is 0 Å². The van der Waals surface area contributed by atoms with Crippen molar-refractivity contribution >= 4 is 78.9 Å². The number of halogens is 3. The Morgan fingerprint density at radius 3 is 2.60 bits per heavy atom. The minimum absolute atomic E-state index is 0.221. The van der Waals surface area contributed by atoms with E-state index in [1.54, 1.807) is 50.2 Å². The average molecular weight is 751 g/mol. The van der Waals surface area contributed by atoms with Gasteiger partial charge in [-0.25, -0.2) is 10.2 Å². The number of para-hydroxylation sites is 1. The van der Waals surface area contributed by atoms with Gasteiger partial charge in [-0.1, -0.05) is 57.9 Å². The first-order chi connectivity index (χ1) is 20.7. The molecule has 0 aliphatic carbocycles. The van der Waals surface area contributed by atoms with E-state index >= 15 is 0 Å². The molecule has 1 aliphatic rings. The van der Waals surface area contributed by atoms with Crippen LogP contribution >= 0.6 is 55.7 Å². The summed E-state index contributed by atoms with van der Waals surface area (Å²) in [5.41, 5.74) is 5.61. The van der Waals surface area contributed by atoms with Gasteiger partial charge < -0.3 is 24.8 Å². The Kier molecular flexibility index (Phi) is 11.6. The van der Waals surface area contributed by atoms with Gasteiger partial charge in [0, 0.05) is 26.3 Å². The molecule has 0 fully saturated rings. The average Bonchev–Trinajstić information content (AvgIpc) is 2.96. The number of amides is 1. The van der Waals surface area contributed by atoms with Crippen LogP contribution in [0.4, 0.5) is 0 Å². The lowest BCUT2D eigenvalue weighted by Crippen LogP contribution is -2.45. The first kappa shape index (κ1) is 32.5. The Hall–Kier alpha value is -3.45. The van der Waals surface area contributed by atoms with Crippen molar-refractivity contribution in [2.45, 2.75) is 26.5 Å². The van der Waals surface area contributed by atoms with Crippen molar-refractivity contribution in [2.24, 2.45) is 5.10 Å². The van der Waals surface area contributed by atoms with Crippen molar-refractivity contribution in [1.29, 1.82) is 0 Å². The molecule has 13 heteroatoms. The van der Waals surface area contributed by atoms with E-state index in [4.69, 9.17) is 38.0 Å². The number of rotatable bonds is 11. The van der Waals surface area contributed by atoms with Gasteiger partial charge in [0.2, 0.25) is 0 Å². The Bertz CT molecular complexity index is 1580. The Morgan fingerprint density at radius 2 is 1.86 bits per heavy atom. The highest BCUT2D eigenvalue weighted by Crippen LogP contribution is 2.34. The van der Waals surface area contributed by atoms with Gasteiger partial charge in [0.25, 0.3) is 5.91 Å². The topological polar surface area (TPSA) is 110 Å². The molecule has 1 atom stereocenters. The van der Waals surface area contributed by atoms with E-state index < -0.39 is 17.9 Å². The molecular formula is C30H27Br2ClN4O5S. The molecule has 1 amide bonds. The number of hydrogen-bond acceptors (Lipinski definition) is 7. The second-order valence-corrected chi connectivity index (χ2v) is 11.7. The first-order valence-corrected chi connectivity index (χ1v) is 15.4. The number of nitrogens with one attached hydrogen (secondary N) is 3. The van der Waals surface area contributed by atoms with Crippen LogP contribution in [0.1, 0.15) is 36.6 Å². The van der Waals surface area contributed by atoms with Crippen molar-refractivity contribution in [2.75, 3.05) is 13.2 Å². The second-order valence-electron chi connectivity index (χ2n) is 9.13. The van der Waals surface area contributed by atoms with Crippen LogP contribution in [0.15, 0.2) is 86.0 Å². The Balaban J connectivity index is 1.43. The van der Waals surface area contributed by atoms with E-state index in [2.05, 4.69) is 53.0 Å². The molecule has 0 spiro atoms. The van der Waals surface area contributed by atoms with Crippen LogP contribution in [0.25, 0.3) is 0 Å². The molecule has 3 aromatic carbocycles. The Morgan fingerprint density at radius 1 is 1.12 bits per heavy atom. The number of benzene rings is 3. The number of ether oxygens (including phenoxy) is 3. The molecule has 1 heterocycles. The van der Waals surface area contributed by atoms with Crippen LogP contribution < -0.4 is 25.5 Å². The summed E-state index contributed by atoms with van der Waals surface area (Å²) in [5, 5.41) is 11.2. The standard InChI is InChI=1S/C30H27Br2ClN4O5S/c1-3-40-29(39)26-17(2)35-30(43)36-27(26)22-6-4-5-7-24(22)41-16-25(38)37-34-14-19-12-20(31)13-23(32)28(19)42-15-18-8-10-21(33)11-9-18/h4-14,27H,3,15-16H2,1-2H3,(H,37,38)(H2,35,36,43)/t27-/m1/s1. The van der Waals surface area contributed by atoms with Gasteiger partial charge in [0.05, 0.1) is 28.9 Å². The summed E-state index contributed by atoms with van der Waals surface area (Å²) in [7, 11) is 0. The predicted octanol–water partition coefficient (Wildman–Crippen LogP) is 6.33. The highest BCUT2D eigenvalue weighted by molar-refractivity contribution is 9.11. The molecule has 3 aromatic rings. The lowest BCUT2D eigenvalue weighted by Gasteiger charge is -2.30. The largest absolute Gasteiger partial charge is 0.487 e. The highest BCUT2D eigenvalue weighted by Gasteiger charge is 2.32. The third-order valence-electron chi connectivity index (χ3n) is 6.08. The lowest BCUT2D eigenvalue weighted by atomic mass is 9.95. The second kappa shape index (κ2) is 15.3. The number of esters is 1. The quantitative estimate of drug-likeness (QED) is 0.0904. The molecule has 43 heavy (non-hydrogen) atoms. The molecule has 0 radical (unpaired) electrons. The minimum Gasteiger partial charge on any atom is -0.487 e. The van der Waals surface area contributed by atoms with E-state index in [0.717, 1.165) is 10.0 Å². The molecule has 0 unspecified atom stereocenters. The summed E-state index contributed by atoms with van der Waals surface area (Å²) in [6.45, 7) is 3.68. The van der Waals surface area contributed by atoms with Crippen molar-refractivity contribution < 1.29 is 23.8 Å². The third-order valence-corrected chi connectivity index (χ3v) is 7.60. The van der Waals surface area contributed by atoms with Crippen LogP contribution in [-0.2, 0) is 20.9 Å². The summed E-state index contributed by atoms with van der Waals surface area (Å²) >= 11 is 18.3. The molecule has 0 saturated heterocycles.